The molecule has 3 nitrogen and oxygen atoms in total. The largest absolute Gasteiger partial charge is 0.348 e. The molecule has 20 heavy (non-hydrogen) atoms. The first-order chi connectivity index (χ1) is 9.45. The number of carbonyl (C=O) groups is 1. The Morgan fingerprint density at radius 2 is 1.75 bits per heavy atom. The molecule has 0 aliphatic heterocycles. The molecule has 1 unspecified atom stereocenters. The van der Waals surface area contributed by atoms with Crippen molar-refractivity contribution in [3.63, 3.8) is 0 Å². The normalized spacial score (nSPS) is 14.1. The standard InChI is InChI=1S/C16H26N2OS/c1-11(2)13-5-7-14(8-6-13)12(3)18-16(19)15(17)9-10-20-4/h5-8,11-12,15H,9-10,17H2,1-4H3,(H,18,19)/t12?,15-/m1/s1. The van der Waals surface area contributed by atoms with E-state index < -0.39 is 6.04 Å². The Labute approximate surface area is 126 Å². The van der Waals surface area contributed by atoms with E-state index in [1.54, 1.807) is 11.8 Å². The highest BCUT2D eigenvalue weighted by Crippen LogP contribution is 2.18. The minimum atomic E-state index is -0.417. The van der Waals surface area contributed by atoms with Crippen LogP contribution >= 0.6 is 11.8 Å². The van der Waals surface area contributed by atoms with Crippen molar-refractivity contribution in [3.05, 3.63) is 35.4 Å². The minimum absolute atomic E-state index is 0.0101. The van der Waals surface area contributed by atoms with Crippen LogP contribution in [0.5, 0.6) is 0 Å². The van der Waals surface area contributed by atoms with E-state index in [4.69, 9.17) is 5.73 Å². The fourth-order valence-corrected chi connectivity index (χ4v) is 2.44. The third-order valence-electron chi connectivity index (χ3n) is 3.43. The molecule has 1 aromatic carbocycles. The van der Waals surface area contributed by atoms with Crippen molar-refractivity contribution in [1.29, 1.82) is 0 Å². The number of thioether (sulfide) groups is 1. The van der Waals surface area contributed by atoms with Crippen molar-refractivity contribution >= 4 is 17.7 Å². The van der Waals surface area contributed by atoms with Gasteiger partial charge in [0.2, 0.25) is 5.91 Å². The summed E-state index contributed by atoms with van der Waals surface area (Å²) in [5.41, 5.74) is 8.29. The maximum atomic E-state index is 12.0. The Bertz CT molecular complexity index is 417. The van der Waals surface area contributed by atoms with Crippen LogP contribution in [0.2, 0.25) is 0 Å². The molecule has 0 saturated heterocycles. The summed E-state index contributed by atoms with van der Waals surface area (Å²) in [7, 11) is 0. The van der Waals surface area contributed by atoms with Crippen molar-refractivity contribution in [2.75, 3.05) is 12.0 Å². The van der Waals surface area contributed by atoms with E-state index in [0.717, 1.165) is 11.3 Å². The maximum Gasteiger partial charge on any atom is 0.237 e. The predicted molar refractivity (Wildman–Crippen MR) is 88.1 cm³/mol. The molecule has 0 heterocycles. The molecule has 1 amide bonds. The highest BCUT2D eigenvalue weighted by molar-refractivity contribution is 7.98. The van der Waals surface area contributed by atoms with Crippen LogP contribution in [0.15, 0.2) is 24.3 Å². The van der Waals surface area contributed by atoms with Crippen LogP contribution < -0.4 is 11.1 Å². The molecule has 0 aliphatic rings. The Morgan fingerprint density at radius 1 is 1.20 bits per heavy atom. The first kappa shape index (κ1) is 17.1. The van der Waals surface area contributed by atoms with Crippen LogP contribution in [0.3, 0.4) is 0 Å². The van der Waals surface area contributed by atoms with Crippen LogP contribution in [0.1, 0.15) is 50.3 Å². The molecule has 3 N–H and O–H groups in total. The lowest BCUT2D eigenvalue weighted by Crippen LogP contribution is -2.41. The topological polar surface area (TPSA) is 55.1 Å². The molecule has 2 atom stereocenters. The lowest BCUT2D eigenvalue weighted by molar-refractivity contribution is -0.123. The summed E-state index contributed by atoms with van der Waals surface area (Å²) < 4.78 is 0. The summed E-state index contributed by atoms with van der Waals surface area (Å²) in [6.07, 6.45) is 2.73. The van der Waals surface area contributed by atoms with Crippen molar-refractivity contribution in [2.24, 2.45) is 5.73 Å². The van der Waals surface area contributed by atoms with E-state index in [9.17, 15) is 4.79 Å². The summed E-state index contributed by atoms with van der Waals surface area (Å²) in [6, 6.07) is 7.97. The molecule has 1 rings (SSSR count). The number of nitrogens with two attached hydrogens (primary N) is 1. The third kappa shape index (κ3) is 5.17. The third-order valence-corrected chi connectivity index (χ3v) is 4.08. The zero-order valence-electron chi connectivity index (χ0n) is 12.8. The lowest BCUT2D eigenvalue weighted by atomic mass is 9.99. The van der Waals surface area contributed by atoms with Gasteiger partial charge < -0.3 is 11.1 Å². The van der Waals surface area contributed by atoms with Gasteiger partial charge in [-0.2, -0.15) is 11.8 Å². The fourth-order valence-electron chi connectivity index (χ4n) is 1.95. The van der Waals surface area contributed by atoms with Gasteiger partial charge in [0.05, 0.1) is 12.1 Å². The second kappa shape index (κ2) is 8.32. The molecule has 0 radical (unpaired) electrons. The average molecular weight is 294 g/mol. The highest BCUT2D eigenvalue weighted by Gasteiger charge is 2.16. The maximum absolute atomic E-state index is 12.0. The van der Waals surface area contributed by atoms with Gasteiger partial charge in [0.1, 0.15) is 0 Å². The molecule has 112 valence electrons. The van der Waals surface area contributed by atoms with Crippen LogP contribution in [0.25, 0.3) is 0 Å². The zero-order chi connectivity index (χ0) is 15.1. The molecule has 0 spiro atoms. The van der Waals surface area contributed by atoms with Gasteiger partial charge >= 0.3 is 0 Å². The van der Waals surface area contributed by atoms with E-state index in [0.29, 0.717) is 12.3 Å². The summed E-state index contributed by atoms with van der Waals surface area (Å²) in [6.45, 7) is 6.33. The Balaban J connectivity index is 2.57. The monoisotopic (exact) mass is 294 g/mol. The van der Waals surface area contributed by atoms with Gasteiger partial charge in [-0.25, -0.2) is 0 Å². The second-order valence-electron chi connectivity index (χ2n) is 5.44. The number of nitrogens with one attached hydrogen (secondary N) is 1. The van der Waals surface area contributed by atoms with Crippen LogP contribution in [0.4, 0.5) is 0 Å². The Hall–Kier alpha value is -1.00. The van der Waals surface area contributed by atoms with Crippen molar-refractivity contribution in [3.8, 4) is 0 Å². The quantitative estimate of drug-likeness (QED) is 0.812. The number of rotatable bonds is 7. The van der Waals surface area contributed by atoms with E-state index in [1.165, 1.54) is 5.56 Å². The summed E-state index contributed by atoms with van der Waals surface area (Å²) >= 11 is 1.71. The predicted octanol–water partition coefficient (Wildman–Crippen LogP) is 3.07. The van der Waals surface area contributed by atoms with Gasteiger partial charge in [0.25, 0.3) is 0 Å². The highest BCUT2D eigenvalue weighted by atomic mass is 32.2. The summed E-state index contributed by atoms with van der Waals surface area (Å²) in [4.78, 5) is 12.0. The SMILES string of the molecule is CSCC[C@@H](N)C(=O)NC(C)c1ccc(C(C)C)cc1. The van der Waals surface area contributed by atoms with Gasteiger partial charge in [-0.05, 0) is 42.4 Å². The number of hydrogen-bond donors (Lipinski definition) is 2. The van der Waals surface area contributed by atoms with Crippen molar-refractivity contribution < 1.29 is 4.79 Å². The lowest BCUT2D eigenvalue weighted by Gasteiger charge is -2.18. The van der Waals surface area contributed by atoms with Crippen LogP contribution in [0, 0.1) is 0 Å². The zero-order valence-corrected chi connectivity index (χ0v) is 13.7. The summed E-state index contributed by atoms with van der Waals surface area (Å²) in [5.74, 6) is 1.36. The van der Waals surface area contributed by atoms with Gasteiger partial charge in [-0.1, -0.05) is 38.1 Å². The summed E-state index contributed by atoms with van der Waals surface area (Å²) in [5, 5.41) is 2.98. The molecule has 0 aliphatic carbocycles. The van der Waals surface area contributed by atoms with Gasteiger partial charge in [-0.15, -0.1) is 0 Å². The van der Waals surface area contributed by atoms with Crippen LogP contribution in [-0.2, 0) is 4.79 Å². The molecular formula is C16H26N2OS. The minimum Gasteiger partial charge on any atom is -0.348 e. The van der Waals surface area contributed by atoms with Crippen molar-refractivity contribution in [1.82, 2.24) is 5.32 Å². The molecule has 4 heteroatoms. The Morgan fingerprint density at radius 3 is 2.25 bits per heavy atom. The number of benzene rings is 1. The Kier molecular flexibility index (Phi) is 7.10. The first-order valence-electron chi connectivity index (χ1n) is 7.10. The van der Waals surface area contributed by atoms with E-state index >= 15 is 0 Å². The average Bonchev–Trinajstić information content (AvgIpc) is 2.44. The number of carbonyl (C=O) groups excluding carboxylic acids is 1. The first-order valence-corrected chi connectivity index (χ1v) is 8.49. The number of hydrogen-bond acceptors (Lipinski definition) is 3. The molecule has 0 saturated carbocycles. The van der Waals surface area contributed by atoms with Gasteiger partial charge in [0, 0.05) is 0 Å². The number of amides is 1. The van der Waals surface area contributed by atoms with E-state index in [-0.39, 0.29) is 11.9 Å². The smallest absolute Gasteiger partial charge is 0.237 e. The van der Waals surface area contributed by atoms with Crippen LogP contribution in [-0.4, -0.2) is 24.0 Å². The molecule has 0 bridgehead atoms. The van der Waals surface area contributed by atoms with Gasteiger partial charge in [0.15, 0.2) is 0 Å². The molecule has 0 aromatic heterocycles. The van der Waals surface area contributed by atoms with Gasteiger partial charge in [-0.3, -0.25) is 4.79 Å². The molecule has 1 aromatic rings. The van der Waals surface area contributed by atoms with E-state index in [1.807, 2.05) is 13.2 Å². The van der Waals surface area contributed by atoms with E-state index in [2.05, 4.69) is 43.4 Å². The second-order valence-corrected chi connectivity index (χ2v) is 6.43. The molecular weight excluding hydrogens is 268 g/mol. The molecule has 0 fully saturated rings. The van der Waals surface area contributed by atoms with Crippen molar-refractivity contribution in [2.45, 2.75) is 45.2 Å². The fraction of sp³-hybridized carbons (Fsp3) is 0.562.